The van der Waals surface area contributed by atoms with Crippen LogP contribution in [0.4, 0.5) is 0 Å². The summed E-state index contributed by atoms with van der Waals surface area (Å²) >= 11 is 0. The van der Waals surface area contributed by atoms with Crippen LogP contribution in [0.3, 0.4) is 0 Å². The molecule has 0 spiro atoms. The lowest BCUT2D eigenvalue weighted by atomic mass is 9.93. The molecule has 1 unspecified atom stereocenters. The summed E-state index contributed by atoms with van der Waals surface area (Å²) in [5.74, 6) is 1.35. The summed E-state index contributed by atoms with van der Waals surface area (Å²) in [6.45, 7) is 8.22. The molecule has 0 bridgehead atoms. The predicted octanol–water partition coefficient (Wildman–Crippen LogP) is 1.84. The van der Waals surface area contributed by atoms with E-state index < -0.39 is 0 Å². The SMILES string of the molecule is CCn1c(C2CCCN(C3CCN(Cc4cccnc4)CC3)C2)nn(C)c1=O. The van der Waals surface area contributed by atoms with Crippen molar-refractivity contribution in [3.63, 3.8) is 0 Å². The van der Waals surface area contributed by atoms with Gasteiger partial charge in [0.05, 0.1) is 0 Å². The first-order chi connectivity index (χ1) is 13.7. The Morgan fingerprint density at radius 2 is 2.00 bits per heavy atom. The second-order valence-electron chi connectivity index (χ2n) is 8.21. The van der Waals surface area contributed by atoms with Gasteiger partial charge in [0.2, 0.25) is 0 Å². The van der Waals surface area contributed by atoms with Crippen molar-refractivity contribution in [2.75, 3.05) is 26.2 Å². The highest BCUT2D eigenvalue weighted by Gasteiger charge is 2.31. The Morgan fingerprint density at radius 1 is 1.18 bits per heavy atom. The lowest BCUT2D eigenvalue weighted by molar-refractivity contribution is 0.0805. The van der Waals surface area contributed by atoms with Gasteiger partial charge in [-0.3, -0.25) is 19.4 Å². The molecule has 2 saturated heterocycles. The Kier molecular flexibility index (Phi) is 5.92. The van der Waals surface area contributed by atoms with Gasteiger partial charge in [-0.15, -0.1) is 0 Å². The van der Waals surface area contributed by atoms with Crippen LogP contribution < -0.4 is 5.69 Å². The number of hydrogen-bond acceptors (Lipinski definition) is 5. The second kappa shape index (κ2) is 8.57. The molecule has 2 aliphatic rings. The molecule has 2 aliphatic heterocycles. The number of likely N-dealkylation sites (tertiary alicyclic amines) is 2. The van der Waals surface area contributed by atoms with Crippen LogP contribution in [-0.2, 0) is 20.1 Å². The average molecular weight is 385 g/mol. The standard InChI is InChI=1S/C21H32N6O/c1-3-27-20(23-24(2)21(27)28)18-7-5-11-26(16-18)19-8-12-25(13-9-19)15-17-6-4-10-22-14-17/h4,6,10,14,18-19H,3,5,7-9,11-13,15-16H2,1-2H3. The fraction of sp³-hybridized carbons (Fsp3) is 0.667. The van der Waals surface area contributed by atoms with Crippen molar-refractivity contribution in [2.45, 2.75) is 57.7 Å². The van der Waals surface area contributed by atoms with Crippen LogP contribution in [0.1, 0.15) is 49.9 Å². The summed E-state index contributed by atoms with van der Waals surface area (Å²) < 4.78 is 3.35. The number of pyridine rings is 1. The van der Waals surface area contributed by atoms with Gasteiger partial charge in [-0.05, 0) is 63.9 Å². The average Bonchev–Trinajstić information content (AvgIpc) is 3.03. The summed E-state index contributed by atoms with van der Waals surface area (Å²) in [6, 6.07) is 4.83. The number of rotatable bonds is 5. The molecule has 0 saturated carbocycles. The summed E-state index contributed by atoms with van der Waals surface area (Å²) in [7, 11) is 1.76. The van der Waals surface area contributed by atoms with E-state index in [9.17, 15) is 4.79 Å². The fourth-order valence-electron chi connectivity index (χ4n) is 4.86. The highest BCUT2D eigenvalue weighted by atomic mass is 16.2. The molecule has 7 nitrogen and oxygen atoms in total. The van der Waals surface area contributed by atoms with Crippen molar-refractivity contribution in [3.05, 3.63) is 46.4 Å². The van der Waals surface area contributed by atoms with Crippen LogP contribution in [0.5, 0.6) is 0 Å². The lowest BCUT2D eigenvalue weighted by Crippen LogP contribution is -2.48. The third kappa shape index (κ3) is 4.05. The maximum atomic E-state index is 12.3. The van der Waals surface area contributed by atoms with Crippen molar-refractivity contribution in [1.29, 1.82) is 0 Å². The van der Waals surface area contributed by atoms with Crippen molar-refractivity contribution in [3.8, 4) is 0 Å². The molecule has 2 aromatic heterocycles. The van der Waals surface area contributed by atoms with Gasteiger partial charge >= 0.3 is 5.69 Å². The van der Waals surface area contributed by atoms with Gasteiger partial charge in [-0.25, -0.2) is 9.48 Å². The first kappa shape index (κ1) is 19.3. The van der Waals surface area contributed by atoms with Crippen molar-refractivity contribution in [1.82, 2.24) is 29.1 Å². The van der Waals surface area contributed by atoms with Crippen LogP contribution in [0.2, 0.25) is 0 Å². The molecule has 0 amide bonds. The van der Waals surface area contributed by atoms with E-state index in [0.29, 0.717) is 18.5 Å². The molecule has 0 aromatic carbocycles. The minimum Gasteiger partial charge on any atom is -0.300 e. The molecule has 0 N–H and O–H groups in total. The van der Waals surface area contributed by atoms with Gasteiger partial charge < -0.3 is 0 Å². The van der Waals surface area contributed by atoms with Gasteiger partial charge in [0, 0.05) is 51.0 Å². The summed E-state index contributed by atoms with van der Waals surface area (Å²) in [5.41, 5.74) is 1.31. The molecule has 1 atom stereocenters. The molecule has 7 heteroatoms. The van der Waals surface area contributed by atoms with E-state index in [2.05, 4.69) is 25.9 Å². The Labute approximate surface area is 167 Å². The van der Waals surface area contributed by atoms with Gasteiger partial charge in [0.15, 0.2) is 0 Å². The molecule has 28 heavy (non-hydrogen) atoms. The third-order valence-corrected chi connectivity index (χ3v) is 6.37. The van der Waals surface area contributed by atoms with Gasteiger partial charge in [-0.2, -0.15) is 5.10 Å². The Bertz CT molecular complexity index is 821. The molecular weight excluding hydrogens is 352 g/mol. The first-order valence-electron chi connectivity index (χ1n) is 10.6. The number of nitrogens with zero attached hydrogens (tertiary/aromatic N) is 6. The Hall–Kier alpha value is -1.99. The lowest BCUT2D eigenvalue weighted by Gasteiger charge is -2.42. The molecule has 152 valence electrons. The summed E-state index contributed by atoms with van der Waals surface area (Å²) in [6.07, 6.45) is 8.57. The maximum absolute atomic E-state index is 12.3. The van der Waals surface area contributed by atoms with E-state index in [1.165, 1.54) is 36.1 Å². The van der Waals surface area contributed by atoms with Gasteiger partial charge in [0.25, 0.3) is 0 Å². The Morgan fingerprint density at radius 3 is 2.71 bits per heavy atom. The van der Waals surface area contributed by atoms with E-state index in [0.717, 1.165) is 38.4 Å². The van der Waals surface area contributed by atoms with E-state index in [1.54, 1.807) is 7.05 Å². The number of aryl methyl sites for hydroxylation is 1. The smallest absolute Gasteiger partial charge is 0.300 e. The highest BCUT2D eigenvalue weighted by molar-refractivity contribution is 5.08. The monoisotopic (exact) mass is 384 g/mol. The molecule has 4 rings (SSSR count). The summed E-state index contributed by atoms with van der Waals surface area (Å²) in [4.78, 5) is 21.7. The van der Waals surface area contributed by atoms with E-state index in [4.69, 9.17) is 0 Å². The van der Waals surface area contributed by atoms with E-state index >= 15 is 0 Å². The molecule has 2 aromatic rings. The number of piperidine rings is 2. The van der Waals surface area contributed by atoms with Crippen LogP contribution >= 0.6 is 0 Å². The fourth-order valence-corrected chi connectivity index (χ4v) is 4.86. The summed E-state index contributed by atoms with van der Waals surface area (Å²) in [5, 5.41) is 4.57. The predicted molar refractivity (Wildman–Crippen MR) is 109 cm³/mol. The molecule has 2 fully saturated rings. The molecular formula is C21H32N6O. The number of hydrogen-bond donors (Lipinski definition) is 0. The number of aromatic nitrogens is 4. The van der Waals surface area contributed by atoms with E-state index in [1.807, 2.05) is 30.0 Å². The minimum atomic E-state index is 0.0123. The zero-order valence-electron chi connectivity index (χ0n) is 17.1. The van der Waals surface area contributed by atoms with Gasteiger partial charge in [-0.1, -0.05) is 6.07 Å². The quantitative estimate of drug-likeness (QED) is 0.787. The zero-order valence-corrected chi connectivity index (χ0v) is 17.1. The normalized spacial score (nSPS) is 22.6. The zero-order chi connectivity index (χ0) is 19.5. The van der Waals surface area contributed by atoms with Crippen LogP contribution in [0, 0.1) is 0 Å². The second-order valence-corrected chi connectivity index (χ2v) is 8.21. The van der Waals surface area contributed by atoms with Gasteiger partial charge in [0.1, 0.15) is 5.82 Å². The molecule has 0 radical (unpaired) electrons. The third-order valence-electron chi connectivity index (χ3n) is 6.37. The topological polar surface area (TPSA) is 59.2 Å². The highest BCUT2D eigenvalue weighted by Crippen LogP contribution is 2.29. The van der Waals surface area contributed by atoms with Crippen LogP contribution in [0.15, 0.2) is 29.3 Å². The molecule has 4 heterocycles. The maximum Gasteiger partial charge on any atom is 0.345 e. The molecule has 0 aliphatic carbocycles. The van der Waals surface area contributed by atoms with Crippen molar-refractivity contribution in [2.24, 2.45) is 7.05 Å². The Balaban J connectivity index is 1.36. The van der Waals surface area contributed by atoms with E-state index in [-0.39, 0.29) is 5.69 Å². The largest absolute Gasteiger partial charge is 0.345 e. The van der Waals surface area contributed by atoms with Crippen LogP contribution in [-0.4, -0.2) is 61.4 Å². The van der Waals surface area contributed by atoms with Crippen LogP contribution in [0.25, 0.3) is 0 Å². The van der Waals surface area contributed by atoms with Crippen molar-refractivity contribution >= 4 is 0 Å². The first-order valence-corrected chi connectivity index (χ1v) is 10.6. The minimum absolute atomic E-state index is 0.0123. The van der Waals surface area contributed by atoms with Crippen molar-refractivity contribution < 1.29 is 0 Å².